The molecule has 3 aromatic rings. The first-order chi connectivity index (χ1) is 10.6. The van der Waals surface area contributed by atoms with Crippen LogP contribution in [0.15, 0.2) is 46.9 Å². The van der Waals surface area contributed by atoms with Gasteiger partial charge in [-0.15, -0.1) is 11.3 Å². The van der Waals surface area contributed by atoms with Gasteiger partial charge in [-0.25, -0.2) is 4.98 Å². The number of aryl methyl sites for hydroxylation is 1. The molecule has 0 spiro atoms. The van der Waals surface area contributed by atoms with Crippen molar-refractivity contribution in [1.82, 2.24) is 9.88 Å². The molecule has 0 fully saturated rings. The monoisotopic (exact) mass is 332 g/mol. The first-order valence-corrected chi connectivity index (χ1v) is 8.26. The summed E-state index contributed by atoms with van der Waals surface area (Å²) < 4.78 is 6.63. The Morgan fingerprint density at radius 1 is 1.14 bits per heavy atom. The van der Waals surface area contributed by atoms with Crippen molar-refractivity contribution < 1.29 is 4.42 Å². The Morgan fingerprint density at radius 2 is 1.91 bits per heavy atom. The van der Waals surface area contributed by atoms with Gasteiger partial charge in [0.1, 0.15) is 5.76 Å². The van der Waals surface area contributed by atoms with E-state index >= 15 is 0 Å². The van der Waals surface area contributed by atoms with Crippen molar-refractivity contribution in [3.63, 3.8) is 0 Å². The summed E-state index contributed by atoms with van der Waals surface area (Å²) in [6, 6.07) is 14.0. The number of benzene rings is 1. The molecule has 0 amide bonds. The quantitative estimate of drug-likeness (QED) is 0.658. The zero-order valence-corrected chi connectivity index (χ0v) is 14.1. The van der Waals surface area contributed by atoms with Crippen molar-refractivity contribution in [2.75, 3.05) is 7.05 Å². The van der Waals surface area contributed by atoms with E-state index in [0.29, 0.717) is 5.89 Å². The van der Waals surface area contributed by atoms with E-state index in [4.69, 9.17) is 16.0 Å². The molecule has 0 saturated carbocycles. The van der Waals surface area contributed by atoms with Crippen molar-refractivity contribution in [3.8, 4) is 11.5 Å². The predicted octanol–water partition coefficient (Wildman–Crippen LogP) is 5.00. The van der Waals surface area contributed by atoms with Crippen LogP contribution in [0.1, 0.15) is 16.3 Å². The average molecular weight is 333 g/mol. The maximum atomic E-state index is 5.97. The number of hydrogen-bond acceptors (Lipinski definition) is 4. The Labute approximate surface area is 139 Å². The van der Waals surface area contributed by atoms with Crippen LogP contribution in [-0.4, -0.2) is 16.9 Å². The SMILES string of the molecule is Cc1oc(-c2ccccc2)nc1CN(C)Cc1ccc(Cl)s1. The second kappa shape index (κ2) is 6.65. The van der Waals surface area contributed by atoms with Crippen LogP contribution in [0, 0.1) is 6.92 Å². The molecule has 114 valence electrons. The standard InChI is InChI=1S/C17H17ClN2OS/c1-12-15(11-20(2)10-14-8-9-16(18)22-14)19-17(21-12)13-6-4-3-5-7-13/h3-9H,10-11H2,1-2H3. The van der Waals surface area contributed by atoms with Gasteiger partial charge >= 0.3 is 0 Å². The summed E-state index contributed by atoms with van der Waals surface area (Å²) in [5.74, 6) is 1.55. The molecule has 0 unspecified atom stereocenters. The normalized spacial score (nSPS) is 11.3. The van der Waals surface area contributed by atoms with E-state index in [2.05, 4.69) is 23.0 Å². The smallest absolute Gasteiger partial charge is 0.226 e. The van der Waals surface area contributed by atoms with E-state index in [9.17, 15) is 0 Å². The number of rotatable bonds is 5. The minimum absolute atomic E-state index is 0.681. The molecule has 0 bridgehead atoms. The molecule has 3 nitrogen and oxygen atoms in total. The Balaban J connectivity index is 1.71. The first-order valence-electron chi connectivity index (χ1n) is 7.06. The van der Waals surface area contributed by atoms with E-state index in [0.717, 1.165) is 34.4 Å². The van der Waals surface area contributed by atoms with E-state index in [1.54, 1.807) is 11.3 Å². The summed E-state index contributed by atoms with van der Waals surface area (Å²) >= 11 is 7.59. The molecule has 5 heteroatoms. The van der Waals surface area contributed by atoms with Gasteiger partial charge in [0.2, 0.25) is 5.89 Å². The maximum Gasteiger partial charge on any atom is 0.226 e. The van der Waals surface area contributed by atoms with Gasteiger partial charge in [-0.1, -0.05) is 29.8 Å². The molecule has 22 heavy (non-hydrogen) atoms. The molecular weight excluding hydrogens is 316 g/mol. The number of hydrogen-bond donors (Lipinski definition) is 0. The van der Waals surface area contributed by atoms with Crippen LogP contribution < -0.4 is 0 Å². The third-order valence-electron chi connectivity index (χ3n) is 3.39. The fourth-order valence-electron chi connectivity index (χ4n) is 2.29. The second-order valence-corrected chi connectivity index (χ2v) is 7.07. The van der Waals surface area contributed by atoms with Gasteiger partial charge in [0.25, 0.3) is 0 Å². The van der Waals surface area contributed by atoms with Crippen molar-refractivity contribution >= 4 is 22.9 Å². The van der Waals surface area contributed by atoms with Crippen LogP contribution in [0.3, 0.4) is 0 Å². The van der Waals surface area contributed by atoms with Crippen LogP contribution >= 0.6 is 22.9 Å². The van der Waals surface area contributed by atoms with E-state index < -0.39 is 0 Å². The molecule has 2 heterocycles. The third-order valence-corrected chi connectivity index (χ3v) is 4.60. The minimum atomic E-state index is 0.681. The summed E-state index contributed by atoms with van der Waals surface area (Å²) in [7, 11) is 2.07. The van der Waals surface area contributed by atoms with Crippen LogP contribution in [0.4, 0.5) is 0 Å². The lowest BCUT2D eigenvalue weighted by atomic mass is 10.2. The lowest BCUT2D eigenvalue weighted by Crippen LogP contribution is -2.17. The highest BCUT2D eigenvalue weighted by Gasteiger charge is 2.13. The second-order valence-electron chi connectivity index (χ2n) is 5.27. The molecule has 0 radical (unpaired) electrons. The van der Waals surface area contributed by atoms with Crippen molar-refractivity contribution in [2.45, 2.75) is 20.0 Å². The zero-order chi connectivity index (χ0) is 15.5. The van der Waals surface area contributed by atoms with Gasteiger partial charge < -0.3 is 4.42 Å². The topological polar surface area (TPSA) is 29.3 Å². The lowest BCUT2D eigenvalue weighted by Gasteiger charge is -2.13. The van der Waals surface area contributed by atoms with Gasteiger partial charge in [-0.3, -0.25) is 4.90 Å². The summed E-state index contributed by atoms with van der Waals surface area (Å²) in [5, 5.41) is 0. The van der Waals surface area contributed by atoms with E-state index in [-0.39, 0.29) is 0 Å². The minimum Gasteiger partial charge on any atom is -0.441 e. The average Bonchev–Trinajstić information content (AvgIpc) is 3.07. The molecular formula is C17H17ClN2OS. The van der Waals surface area contributed by atoms with Gasteiger partial charge in [-0.05, 0) is 38.2 Å². The largest absolute Gasteiger partial charge is 0.441 e. The molecule has 1 aromatic carbocycles. The molecule has 0 saturated heterocycles. The fourth-order valence-corrected chi connectivity index (χ4v) is 3.46. The number of nitrogens with zero attached hydrogens (tertiary/aromatic N) is 2. The van der Waals surface area contributed by atoms with E-state index in [1.807, 2.05) is 43.3 Å². The summed E-state index contributed by atoms with van der Waals surface area (Å²) in [6.07, 6.45) is 0. The maximum absolute atomic E-state index is 5.97. The van der Waals surface area contributed by atoms with Gasteiger partial charge in [-0.2, -0.15) is 0 Å². The predicted molar refractivity (Wildman–Crippen MR) is 91.2 cm³/mol. The van der Waals surface area contributed by atoms with Crippen molar-refractivity contribution in [3.05, 3.63) is 63.1 Å². The molecule has 0 aliphatic heterocycles. The van der Waals surface area contributed by atoms with Gasteiger partial charge in [0, 0.05) is 23.5 Å². The first kappa shape index (κ1) is 15.3. The number of halogens is 1. The molecule has 0 aliphatic rings. The van der Waals surface area contributed by atoms with Crippen molar-refractivity contribution in [1.29, 1.82) is 0 Å². The van der Waals surface area contributed by atoms with E-state index in [1.165, 1.54) is 4.88 Å². The Morgan fingerprint density at radius 3 is 2.59 bits per heavy atom. The Kier molecular flexibility index (Phi) is 4.62. The summed E-state index contributed by atoms with van der Waals surface area (Å²) in [4.78, 5) is 8.09. The molecule has 0 aliphatic carbocycles. The number of oxazole rings is 1. The van der Waals surface area contributed by atoms with Gasteiger partial charge in [0.05, 0.1) is 10.0 Å². The van der Waals surface area contributed by atoms with Crippen LogP contribution in [0.25, 0.3) is 11.5 Å². The molecule has 3 rings (SSSR count). The van der Waals surface area contributed by atoms with Gasteiger partial charge in [0.15, 0.2) is 0 Å². The summed E-state index contributed by atoms with van der Waals surface area (Å²) in [5.41, 5.74) is 1.98. The highest BCUT2D eigenvalue weighted by atomic mass is 35.5. The van der Waals surface area contributed by atoms with Crippen LogP contribution in [0.2, 0.25) is 4.34 Å². The van der Waals surface area contributed by atoms with Crippen molar-refractivity contribution in [2.24, 2.45) is 0 Å². The molecule has 0 atom stereocenters. The fraction of sp³-hybridized carbons (Fsp3) is 0.235. The molecule has 2 aromatic heterocycles. The highest BCUT2D eigenvalue weighted by Crippen LogP contribution is 2.24. The third kappa shape index (κ3) is 3.58. The van der Waals surface area contributed by atoms with Crippen LogP contribution in [0.5, 0.6) is 0 Å². The zero-order valence-electron chi connectivity index (χ0n) is 12.5. The number of thiophene rings is 1. The van der Waals surface area contributed by atoms with Crippen LogP contribution in [-0.2, 0) is 13.1 Å². The summed E-state index contributed by atoms with van der Waals surface area (Å²) in [6.45, 7) is 3.56. The molecule has 0 N–H and O–H groups in total. The Hall–Kier alpha value is -1.62. The highest BCUT2D eigenvalue weighted by molar-refractivity contribution is 7.16. The Bertz CT molecular complexity index is 751. The lowest BCUT2D eigenvalue weighted by molar-refractivity contribution is 0.316. The number of aromatic nitrogens is 1.